The van der Waals surface area contributed by atoms with Crippen LogP contribution in [0.15, 0.2) is 113 Å². The number of benzene rings is 5. The maximum absolute atomic E-state index is 14.1. The van der Waals surface area contributed by atoms with Gasteiger partial charge in [0.2, 0.25) is 5.91 Å². The smallest absolute Gasteiger partial charge is 0.265 e. The van der Waals surface area contributed by atoms with Gasteiger partial charge in [0.1, 0.15) is 18.0 Å². The molecule has 48 heavy (non-hydrogen) atoms. The van der Waals surface area contributed by atoms with Crippen molar-refractivity contribution in [1.29, 1.82) is 0 Å². The minimum absolute atomic E-state index is 0.0350. The lowest BCUT2D eigenvalue weighted by atomic mass is 10.1. The van der Waals surface area contributed by atoms with E-state index in [0.717, 1.165) is 15.1 Å². The Kier molecular flexibility index (Phi) is 9.96. The molecule has 250 valence electrons. The van der Waals surface area contributed by atoms with Crippen LogP contribution < -0.4 is 33.3 Å². The quantitative estimate of drug-likeness (QED) is 0.163. The second-order valence-electron chi connectivity index (χ2n) is 10.3. The molecular formula is C34H33N3O9S2. The van der Waals surface area contributed by atoms with Crippen molar-refractivity contribution < 1.29 is 40.6 Å². The van der Waals surface area contributed by atoms with Gasteiger partial charge in [-0.15, -0.1) is 0 Å². The average Bonchev–Trinajstić information content (AvgIpc) is 3.10. The number of hydrogen-bond acceptors (Lipinski definition) is 9. The van der Waals surface area contributed by atoms with Gasteiger partial charge in [0.15, 0.2) is 11.5 Å². The molecule has 0 atom stereocenters. The molecule has 0 aromatic heterocycles. The molecule has 5 aromatic carbocycles. The number of carbonyl (C=O) groups excluding carboxylic acids is 1. The number of sulfonamides is 2. The van der Waals surface area contributed by atoms with Gasteiger partial charge in [0.05, 0.1) is 49.6 Å². The summed E-state index contributed by atoms with van der Waals surface area (Å²) in [5, 5.41) is 4.27. The van der Waals surface area contributed by atoms with Crippen molar-refractivity contribution in [3.05, 3.63) is 103 Å². The van der Waals surface area contributed by atoms with E-state index in [0.29, 0.717) is 17.2 Å². The van der Waals surface area contributed by atoms with E-state index in [4.69, 9.17) is 18.9 Å². The van der Waals surface area contributed by atoms with Gasteiger partial charge in [-0.25, -0.2) is 16.8 Å². The van der Waals surface area contributed by atoms with Crippen LogP contribution >= 0.6 is 0 Å². The minimum Gasteiger partial charge on any atom is -0.497 e. The van der Waals surface area contributed by atoms with Crippen molar-refractivity contribution >= 4 is 53.8 Å². The number of fused-ring (bicyclic) bond motifs is 1. The third kappa shape index (κ3) is 7.09. The number of ether oxygens (including phenoxy) is 4. The lowest BCUT2D eigenvalue weighted by Crippen LogP contribution is -2.38. The van der Waals surface area contributed by atoms with Gasteiger partial charge in [-0.1, -0.05) is 36.4 Å². The van der Waals surface area contributed by atoms with E-state index in [-0.39, 0.29) is 32.7 Å². The molecule has 0 heterocycles. The highest BCUT2D eigenvalue weighted by molar-refractivity contribution is 7.93. The highest BCUT2D eigenvalue weighted by Gasteiger charge is 2.31. The zero-order chi connectivity index (χ0) is 34.5. The van der Waals surface area contributed by atoms with Crippen molar-refractivity contribution in [3.63, 3.8) is 0 Å². The van der Waals surface area contributed by atoms with E-state index in [9.17, 15) is 21.6 Å². The van der Waals surface area contributed by atoms with E-state index in [1.165, 1.54) is 83.0 Å². The zero-order valence-corrected chi connectivity index (χ0v) is 28.1. The number of amides is 1. The number of methoxy groups -OCH3 is 4. The van der Waals surface area contributed by atoms with Crippen LogP contribution in [0.5, 0.6) is 23.0 Å². The summed E-state index contributed by atoms with van der Waals surface area (Å²) in [5.74, 6) is 0.269. The topological polar surface area (TPSA) is 150 Å². The van der Waals surface area contributed by atoms with Crippen molar-refractivity contribution in [2.75, 3.05) is 49.3 Å². The maximum atomic E-state index is 14.1. The molecule has 5 rings (SSSR count). The third-order valence-electron chi connectivity index (χ3n) is 7.37. The Morgan fingerprint density at radius 2 is 1.31 bits per heavy atom. The van der Waals surface area contributed by atoms with Crippen LogP contribution in [0.4, 0.5) is 17.1 Å². The number of nitrogens with zero attached hydrogens (tertiary/aromatic N) is 1. The van der Waals surface area contributed by atoms with Crippen molar-refractivity contribution in [3.8, 4) is 23.0 Å². The Bertz CT molecular complexity index is 2170. The second-order valence-corrected chi connectivity index (χ2v) is 13.8. The summed E-state index contributed by atoms with van der Waals surface area (Å²) in [6, 6.07) is 26.8. The molecule has 0 saturated heterocycles. The molecule has 12 nitrogen and oxygen atoms in total. The number of anilines is 3. The molecule has 0 aliphatic carbocycles. The molecule has 5 aromatic rings. The normalized spacial score (nSPS) is 11.4. The Balaban J connectivity index is 1.42. The summed E-state index contributed by atoms with van der Waals surface area (Å²) in [6.07, 6.45) is 0. The van der Waals surface area contributed by atoms with Crippen LogP contribution in [0.25, 0.3) is 10.8 Å². The molecular weight excluding hydrogens is 659 g/mol. The maximum Gasteiger partial charge on any atom is 0.265 e. The van der Waals surface area contributed by atoms with E-state index in [1.54, 1.807) is 18.2 Å². The SMILES string of the molecule is COc1ccc(OC)c(N(CC(=O)Nc2ccc(S(=O)(=O)Nc3cccc4ccccc34)cc2)S(=O)(=O)c2ccc(OC)c(OC)c2)c1. The lowest BCUT2D eigenvalue weighted by molar-refractivity contribution is -0.114. The second kappa shape index (κ2) is 14.1. The van der Waals surface area contributed by atoms with Gasteiger partial charge in [-0.3, -0.25) is 13.8 Å². The largest absolute Gasteiger partial charge is 0.497 e. The van der Waals surface area contributed by atoms with E-state index in [1.807, 2.05) is 30.3 Å². The molecule has 0 radical (unpaired) electrons. The summed E-state index contributed by atoms with van der Waals surface area (Å²) in [6.45, 7) is -0.678. The Morgan fingerprint density at radius 1 is 0.667 bits per heavy atom. The van der Waals surface area contributed by atoms with Gasteiger partial charge in [0, 0.05) is 23.2 Å². The summed E-state index contributed by atoms with van der Waals surface area (Å²) in [7, 11) is -2.79. The predicted octanol–water partition coefficient (Wildman–Crippen LogP) is 5.51. The highest BCUT2D eigenvalue weighted by atomic mass is 32.2. The Hall–Kier alpha value is -5.47. The minimum atomic E-state index is -4.41. The number of hydrogen-bond donors (Lipinski definition) is 2. The van der Waals surface area contributed by atoms with Crippen molar-refractivity contribution in [2.45, 2.75) is 9.79 Å². The summed E-state index contributed by atoms with van der Waals surface area (Å²) < 4.78 is 79.5. The van der Waals surface area contributed by atoms with Gasteiger partial charge in [0.25, 0.3) is 20.0 Å². The molecule has 0 aliphatic rings. The summed E-state index contributed by atoms with van der Waals surface area (Å²) >= 11 is 0. The van der Waals surface area contributed by atoms with Crippen LogP contribution in [-0.2, 0) is 24.8 Å². The van der Waals surface area contributed by atoms with E-state index >= 15 is 0 Å². The standard InChI is InChI=1S/C34H33N3O9S2/c1-43-25-14-18-31(44-2)30(20-25)37(48(41,42)27-17-19-32(45-3)33(21-27)46-4)22-34(38)35-24-12-15-26(16-13-24)47(39,40)36-29-11-7-9-23-8-5-6-10-28(23)29/h5-21,36H,22H2,1-4H3,(H,35,38). The van der Waals surface area contributed by atoms with Gasteiger partial charge >= 0.3 is 0 Å². The highest BCUT2D eigenvalue weighted by Crippen LogP contribution is 2.37. The number of rotatable bonds is 13. The Labute approximate surface area is 278 Å². The molecule has 0 unspecified atom stereocenters. The molecule has 1 amide bonds. The Morgan fingerprint density at radius 3 is 2.00 bits per heavy atom. The number of carbonyl (C=O) groups is 1. The van der Waals surface area contributed by atoms with Crippen LogP contribution in [0, 0.1) is 0 Å². The first kappa shape index (κ1) is 33.9. The number of nitrogens with one attached hydrogen (secondary N) is 2. The van der Waals surface area contributed by atoms with Gasteiger partial charge in [-0.2, -0.15) is 0 Å². The first-order chi connectivity index (χ1) is 23.0. The average molecular weight is 692 g/mol. The molecule has 0 fully saturated rings. The first-order valence-corrected chi connectivity index (χ1v) is 17.3. The molecule has 0 spiro atoms. The fourth-order valence-corrected chi connectivity index (χ4v) is 7.48. The fraction of sp³-hybridized carbons (Fsp3) is 0.147. The predicted molar refractivity (Wildman–Crippen MR) is 183 cm³/mol. The molecule has 0 bridgehead atoms. The summed E-state index contributed by atoms with van der Waals surface area (Å²) in [5.41, 5.74) is 0.710. The van der Waals surface area contributed by atoms with Crippen molar-refractivity contribution in [1.82, 2.24) is 0 Å². The van der Waals surface area contributed by atoms with E-state index in [2.05, 4.69) is 10.0 Å². The summed E-state index contributed by atoms with van der Waals surface area (Å²) in [4.78, 5) is 13.2. The molecule has 14 heteroatoms. The first-order valence-electron chi connectivity index (χ1n) is 14.4. The van der Waals surface area contributed by atoms with Gasteiger partial charge < -0.3 is 24.3 Å². The lowest BCUT2D eigenvalue weighted by Gasteiger charge is -2.26. The fourth-order valence-electron chi connectivity index (χ4n) is 4.96. The van der Waals surface area contributed by atoms with Crippen molar-refractivity contribution in [2.24, 2.45) is 0 Å². The van der Waals surface area contributed by atoms with Crippen LogP contribution in [-0.4, -0.2) is 57.7 Å². The molecule has 0 aliphatic heterocycles. The van der Waals surface area contributed by atoms with Gasteiger partial charge in [-0.05, 0) is 60.0 Å². The molecule has 2 N–H and O–H groups in total. The third-order valence-corrected chi connectivity index (χ3v) is 10.5. The van der Waals surface area contributed by atoms with Crippen LogP contribution in [0.3, 0.4) is 0 Å². The van der Waals surface area contributed by atoms with Crippen LogP contribution in [0.2, 0.25) is 0 Å². The van der Waals surface area contributed by atoms with E-state index < -0.39 is 32.5 Å². The molecule has 0 saturated carbocycles. The zero-order valence-electron chi connectivity index (χ0n) is 26.5. The monoisotopic (exact) mass is 691 g/mol. The van der Waals surface area contributed by atoms with Crippen LogP contribution in [0.1, 0.15) is 0 Å².